The normalized spacial score (nSPS) is 33.8. The summed E-state index contributed by atoms with van der Waals surface area (Å²) >= 11 is 0. The first-order valence-corrected chi connectivity index (χ1v) is 4.54. The van der Waals surface area contributed by atoms with E-state index in [0.717, 1.165) is 18.7 Å². The molecule has 13 heavy (non-hydrogen) atoms. The first-order valence-electron chi connectivity index (χ1n) is 4.54. The number of aromatic nitrogens is 3. The van der Waals surface area contributed by atoms with Crippen LogP contribution in [0.4, 0.5) is 0 Å². The molecule has 1 aliphatic rings. The molecule has 5 heteroatoms. The van der Waals surface area contributed by atoms with E-state index in [9.17, 15) is 5.11 Å². The summed E-state index contributed by atoms with van der Waals surface area (Å²) in [6.07, 6.45) is 2.88. The van der Waals surface area contributed by atoms with Crippen LogP contribution >= 0.6 is 0 Å². The van der Waals surface area contributed by atoms with E-state index < -0.39 is 0 Å². The largest absolute Gasteiger partial charge is 0.393 e. The summed E-state index contributed by atoms with van der Waals surface area (Å²) in [5.74, 6) is 1.39. The van der Waals surface area contributed by atoms with Crippen LogP contribution in [0.25, 0.3) is 0 Å². The average Bonchev–Trinajstić information content (AvgIpc) is 2.71. The zero-order valence-electron chi connectivity index (χ0n) is 7.35. The van der Waals surface area contributed by atoms with Gasteiger partial charge in [-0.1, -0.05) is 0 Å². The maximum atomic E-state index is 9.62. The van der Waals surface area contributed by atoms with Gasteiger partial charge in [-0.15, -0.1) is 0 Å². The van der Waals surface area contributed by atoms with Crippen molar-refractivity contribution in [2.45, 2.75) is 24.9 Å². The number of aliphatic hydroxyl groups is 1. The predicted octanol–water partition coefficient (Wildman–Crippen LogP) is -0.382. The van der Waals surface area contributed by atoms with Gasteiger partial charge in [0.2, 0.25) is 0 Å². The van der Waals surface area contributed by atoms with Crippen molar-refractivity contribution in [3.8, 4) is 0 Å². The van der Waals surface area contributed by atoms with Crippen LogP contribution in [0.15, 0.2) is 6.33 Å². The highest BCUT2D eigenvalue weighted by atomic mass is 16.3. The highest BCUT2D eigenvalue weighted by Crippen LogP contribution is 2.36. The number of nitrogens with two attached hydrogens (primary N) is 1. The molecule has 0 unspecified atom stereocenters. The Hall–Kier alpha value is -0.940. The summed E-state index contributed by atoms with van der Waals surface area (Å²) in [5.41, 5.74) is 5.53. The summed E-state index contributed by atoms with van der Waals surface area (Å²) in [6.45, 7) is 0.547. The summed E-state index contributed by atoms with van der Waals surface area (Å²) in [6, 6.07) is 0. The van der Waals surface area contributed by atoms with Crippen LogP contribution in [0.1, 0.15) is 24.6 Å². The van der Waals surface area contributed by atoms with Crippen molar-refractivity contribution in [1.29, 1.82) is 0 Å². The molecule has 0 saturated heterocycles. The zero-order valence-corrected chi connectivity index (χ0v) is 7.35. The molecule has 1 saturated carbocycles. The second kappa shape index (κ2) is 3.43. The highest BCUT2D eigenvalue weighted by molar-refractivity contribution is 5.00. The molecule has 0 aliphatic heterocycles. The zero-order chi connectivity index (χ0) is 9.26. The molecule has 4 N–H and O–H groups in total. The van der Waals surface area contributed by atoms with Crippen molar-refractivity contribution in [1.82, 2.24) is 15.2 Å². The van der Waals surface area contributed by atoms with E-state index in [4.69, 9.17) is 5.73 Å². The van der Waals surface area contributed by atoms with Crippen molar-refractivity contribution >= 4 is 0 Å². The Morgan fingerprint density at radius 1 is 1.62 bits per heavy atom. The summed E-state index contributed by atoms with van der Waals surface area (Å²) in [4.78, 5) is 4.08. The minimum Gasteiger partial charge on any atom is -0.393 e. The van der Waals surface area contributed by atoms with Gasteiger partial charge in [0.15, 0.2) is 0 Å². The Kier molecular flexibility index (Phi) is 2.28. The number of H-pyrrole nitrogens is 1. The van der Waals surface area contributed by atoms with Gasteiger partial charge < -0.3 is 10.8 Å². The van der Waals surface area contributed by atoms with Gasteiger partial charge in [0.1, 0.15) is 12.2 Å². The number of hydrogen-bond donors (Lipinski definition) is 3. The van der Waals surface area contributed by atoms with E-state index in [1.54, 1.807) is 0 Å². The lowest BCUT2D eigenvalue weighted by atomic mass is 10.0. The molecular formula is C8H14N4O. The van der Waals surface area contributed by atoms with Crippen LogP contribution < -0.4 is 5.73 Å². The number of nitrogens with one attached hydrogen (secondary N) is 1. The lowest BCUT2D eigenvalue weighted by molar-refractivity contribution is 0.136. The molecular weight excluding hydrogens is 168 g/mol. The SMILES string of the molecule is NC[C@H]1C[C@H](c2ncn[nH]2)C[C@H]1O. The number of nitrogens with zero attached hydrogens (tertiary/aromatic N) is 2. The van der Waals surface area contributed by atoms with E-state index >= 15 is 0 Å². The van der Waals surface area contributed by atoms with Gasteiger partial charge in [-0.05, 0) is 25.3 Å². The summed E-state index contributed by atoms with van der Waals surface area (Å²) in [7, 11) is 0. The molecule has 2 rings (SSSR count). The molecule has 1 aromatic rings. The average molecular weight is 182 g/mol. The quantitative estimate of drug-likeness (QED) is 0.581. The fourth-order valence-corrected chi connectivity index (χ4v) is 1.99. The maximum Gasteiger partial charge on any atom is 0.137 e. The Morgan fingerprint density at radius 2 is 2.46 bits per heavy atom. The topological polar surface area (TPSA) is 87.8 Å². The molecule has 3 atom stereocenters. The first kappa shape index (κ1) is 8.65. The van der Waals surface area contributed by atoms with Gasteiger partial charge in [-0.25, -0.2) is 4.98 Å². The van der Waals surface area contributed by atoms with E-state index in [1.165, 1.54) is 6.33 Å². The van der Waals surface area contributed by atoms with Crippen LogP contribution in [0.2, 0.25) is 0 Å². The van der Waals surface area contributed by atoms with Crippen molar-refractivity contribution < 1.29 is 5.11 Å². The molecule has 72 valence electrons. The Labute approximate surface area is 76.4 Å². The third kappa shape index (κ3) is 1.57. The van der Waals surface area contributed by atoms with Crippen LogP contribution in [0.5, 0.6) is 0 Å². The second-order valence-corrected chi connectivity index (χ2v) is 3.60. The predicted molar refractivity (Wildman–Crippen MR) is 46.9 cm³/mol. The maximum absolute atomic E-state index is 9.62. The minimum absolute atomic E-state index is 0.218. The highest BCUT2D eigenvalue weighted by Gasteiger charge is 2.34. The molecule has 5 nitrogen and oxygen atoms in total. The molecule has 1 aromatic heterocycles. The smallest absolute Gasteiger partial charge is 0.137 e. The molecule has 1 aliphatic carbocycles. The van der Waals surface area contributed by atoms with Crippen molar-refractivity contribution in [2.75, 3.05) is 6.54 Å². The van der Waals surface area contributed by atoms with Crippen LogP contribution in [-0.2, 0) is 0 Å². The number of aliphatic hydroxyl groups excluding tert-OH is 1. The molecule has 0 aromatic carbocycles. The van der Waals surface area contributed by atoms with E-state index in [2.05, 4.69) is 15.2 Å². The van der Waals surface area contributed by atoms with Gasteiger partial charge in [-0.3, -0.25) is 5.10 Å². The lowest BCUT2D eigenvalue weighted by Gasteiger charge is -2.09. The van der Waals surface area contributed by atoms with Crippen molar-refractivity contribution in [3.63, 3.8) is 0 Å². The molecule has 1 fully saturated rings. The van der Waals surface area contributed by atoms with Gasteiger partial charge in [0.05, 0.1) is 6.10 Å². The Bertz CT molecular complexity index is 261. The second-order valence-electron chi connectivity index (χ2n) is 3.60. The fraction of sp³-hybridized carbons (Fsp3) is 0.750. The van der Waals surface area contributed by atoms with Gasteiger partial charge >= 0.3 is 0 Å². The molecule has 0 bridgehead atoms. The monoisotopic (exact) mass is 182 g/mol. The molecule has 0 amide bonds. The van der Waals surface area contributed by atoms with Crippen molar-refractivity contribution in [2.24, 2.45) is 11.7 Å². The summed E-state index contributed by atoms with van der Waals surface area (Å²) < 4.78 is 0. The fourth-order valence-electron chi connectivity index (χ4n) is 1.99. The molecule has 0 radical (unpaired) electrons. The molecule has 1 heterocycles. The van der Waals surface area contributed by atoms with Crippen LogP contribution in [-0.4, -0.2) is 32.9 Å². The van der Waals surface area contributed by atoms with Crippen LogP contribution in [0.3, 0.4) is 0 Å². The third-order valence-corrected chi connectivity index (χ3v) is 2.78. The number of rotatable bonds is 2. The van der Waals surface area contributed by atoms with Gasteiger partial charge in [-0.2, -0.15) is 5.10 Å². The standard InChI is InChI=1S/C8H14N4O/c9-3-6-1-5(2-7(6)13)8-10-4-11-12-8/h4-7,13H,1-3,9H2,(H,10,11,12)/t5-,6+,7+/m0/s1. The van der Waals surface area contributed by atoms with E-state index in [1.807, 2.05) is 0 Å². The third-order valence-electron chi connectivity index (χ3n) is 2.78. The number of hydrogen-bond acceptors (Lipinski definition) is 4. The summed E-state index contributed by atoms with van der Waals surface area (Å²) in [5, 5.41) is 16.2. The van der Waals surface area contributed by atoms with E-state index in [0.29, 0.717) is 12.5 Å². The van der Waals surface area contributed by atoms with Gasteiger partial charge in [0, 0.05) is 5.92 Å². The van der Waals surface area contributed by atoms with Crippen LogP contribution in [0, 0.1) is 5.92 Å². The Morgan fingerprint density at radius 3 is 3.00 bits per heavy atom. The first-order chi connectivity index (χ1) is 6.31. The van der Waals surface area contributed by atoms with E-state index in [-0.39, 0.29) is 12.0 Å². The molecule has 0 spiro atoms. The van der Waals surface area contributed by atoms with Gasteiger partial charge in [0.25, 0.3) is 0 Å². The minimum atomic E-state index is -0.278. The number of aromatic amines is 1. The lowest BCUT2D eigenvalue weighted by Crippen LogP contribution is -2.21. The Balaban J connectivity index is 2.05. The van der Waals surface area contributed by atoms with Crippen molar-refractivity contribution in [3.05, 3.63) is 12.2 Å².